The van der Waals surface area contributed by atoms with Gasteiger partial charge in [0.2, 0.25) is 0 Å². The van der Waals surface area contributed by atoms with E-state index in [9.17, 15) is 9.00 Å². The van der Waals surface area contributed by atoms with E-state index in [2.05, 4.69) is 4.74 Å². The minimum absolute atomic E-state index is 0.0696. The molecule has 1 saturated heterocycles. The first kappa shape index (κ1) is 16.9. The van der Waals surface area contributed by atoms with Gasteiger partial charge in [0.05, 0.1) is 20.3 Å². The molecule has 0 N–H and O–H groups in total. The van der Waals surface area contributed by atoms with Crippen molar-refractivity contribution in [3.8, 4) is 0 Å². The van der Waals surface area contributed by atoms with Gasteiger partial charge in [-0.15, -0.1) is 0 Å². The average Bonchev–Trinajstić information content (AvgIpc) is 2.51. The lowest BCUT2D eigenvalue weighted by atomic mass is 9.98. The Bertz CT molecular complexity index is 577. The summed E-state index contributed by atoms with van der Waals surface area (Å²) in [6.45, 7) is 5.13. The van der Waals surface area contributed by atoms with Gasteiger partial charge in [0, 0.05) is 11.5 Å². The van der Waals surface area contributed by atoms with Gasteiger partial charge in [0.25, 0.3) is 0 Å². The number of benzene rings is 1. The highest BCUT2D eigenvalue weighted by atomic mass is 32.1. The molecule has 1 aromatic carbocycles. The van der Waals surface area contributed by atoms with Crippen LogP contribution in [0.3, 0.4) is 0 Å². The molecule has 0 bridgehead atoms. The largest absolute Gasteiger partial charge is 0.465 e. The van der Waals surface area contributed by atoms with Gasteiger partial charge in [-0.05, 0) is 25.8 Å². The standard InChI is InChI=1S/C16H20O5S/c1-16(2)20-9-12(10-21-16)8-11-4-6-13(7-5-11)14(22-18)15(17)19-3/h4-7,12H,8-10H2,1-3H3. The fraction of sp³-hybridized carbons (Fsp3) is 0.500. The average molecular weight is 324 g/mol. The molecule has 120 valence electrons. The lowest BCUT2D eigenvalue weighted by Gasteiger charge is -2.35. The Kier molecular flexibility index (Phi) is 5.50. The van der Waals surface area contributed by atoms with Crippen LogP contribution >= 0.6 is 0 Å². The third kappa shape index (κ3) is 4.25. The van der Waals surface area contributed by atoms with Crippen molar-refractivity contribution in [2.75, 3.05) is 20.3 Å². The molecule has 5 nitrogen and oxygen atoms in total. The molecule has 22 heavy (non-hydrogen) atoms. The smallest absolute Gasteiger partial charge is 0.351 e. The molecule has 1 aliphatic heterocycles. The van der Waals surface area contributed by atoms with Gasteiger partial charge in [-0.3, -0.25) is 0 Å². The summed E-state index contributed by atoms with van der Waals surface area (Å²) < 4.78 is 26.9. The third-order valence-electron chi connectivity index (χ3n) is 3.53. The van der Waals surface area contributed by atoms with Crippen LogP contribution in [0.25, 0.3) is 0 Å². The first-order valence-electron chi connectivity index (χ1n) is 7.07. The number of methoxy groups -OCH3 is 1. The van der Waals surface area contributed by atoms with Crippen LogP contribution in [0.15, 0.2) is 24.3 Å². The monoisotopic (exact) mass is 324 g/mol. The number of carbonyl (C=O) groups excluding carboxylic acids is 1. The molecule has 0 spiro atoms. The maximum absolute atomic E-state index is 11.5. The van der Waals surface area contributed by atoms with Crippen LogP contribution in [0, 0.1) is 5.92 Å². The van der Waals surface area contributed by atoms with Crippen molar-refractivity contribution in [1.82, 2.24) is 0 Å². The summed E-state index contributed by atoms with van der Waals surface area (Å²) in [5.41, 5.74) is 1.69. The summed E-state index contributed by atoms with van der Waals surface area (Å²) >= 11 is 0.149. The summed E-state index contributed by atoms with van der Waals surface area (Å²) in [5.74, 6) is -0.809. The van der Waals surface area contributed by atoms with Crippen molar-refractivity contribution >= 4 is 22.1 Å². The maximum Gasteiger partial charge on any atom is 0.351 e. The number of ether oxygens (including phenoxy) is 3. The summed E-state index contributed by atoms with van der Waals surface area (Å²) in [5, 5.41) is 0. The van der Waals surface area contributed by atoms with Crippen molar-refractivity contribution in [3.63, 3.8) is 0 Å². The van der Waals surface area contributed by atoms with E-state index in [0.717, 1.165) is 12.0 Å². The van der Waals surface area contributed by atoms with E-state index in [4.69, 9.17) is 9.47 Å². The van der Waals surface area contributed by atoms with E-state index in [0.29, 0.717) is 24.7 Å². The highest BCUT2D eigenvalue weighted by Gasteiger charge is 2.28. The first-order valence-corrected chi connectivity index (χ1v) is 7.81. The van der Waals surface area contributed by atoms with Gasteiger partial charge < -0.3 is 14.2 Å². The second kappa shape index (κ2) is 7.17. The van der Waals surface area contributed by atoms with Crippen LogP contribution in [-0.4, -0.2) is 41.2 Å². The van der Waals surface area contributed by atoms with Crippen molar-refractivity contribution in [2.45, 2.75) is 26.1 Å². The zero-order chi connectivity index (χ0) is 16.2. The zero-order valence-electron chi connectivity index (χ0n) is 13.0. The van der Waals surface area contributed by atoms with Gasteiger partial charge in [-0.1, -0.05) is 24.3 Å². The highest BCUT2D eigenvalue weighted by Crippen LogP contribution is 2.23. The Balaban J connectivity index is 2.01. The lowest BCUT2D eigenvalue weighted by molar-refractivity contribution is -0.261. The van der Waals surface area contributed by atoms with Gasteiger partial charge in [-0.25, -0.2) is 9.00 Å². The summed E-state index contributed by atoms with van der Waals surface area (Å²) in [4.78, 5) is 11.6. The predicted octanol–water partition coefficient (Wildman–Crippen LogP) is 1.53. The van der Waals surface area contributed by atoms with Crippen molar-refractivity contribution in [1.29, 1.82) is 0 Å². The first-order chi connectivity index (χ1) is 10.4. The van der Waals surface area contributed by atoms with E-state index in [1.165, 1.54) is 7.11 Å². The van der Waals surface area contributed by atoms with Crippen LogP contribution < -0.4 is 0 Å². The number of rotatable bonds is 4. The van der Waals surface area contributed by atoms with E-state index < -0.39 is 11.8 Å². The second-order valence-electron chi connectivity index (χ2n) is 5.69. The Labute approximate surface area is 133 Å². The molecule has 0 aliphatic carbocycles. The normalized spacial score (nSPS) is 17.8. The van der Waals surface area contributed by atoms with Crippen molar-refractivity contribution in [2.24, 2.45) is 5.92 Å². The highest BCUT2D eigenvalue weighted by molar-refractivity contribution is 7.69. The molecule has 0 radical (unpaired) electrons. The molecule has 1 fully saturated rings. The van der Waals surface area contributed by atoms with E-state index >= 15 is 0 Å². The van der Waals surface area contributed by atoms with Gasteiger partial charge in [0.15, 0.2) is 10.7 Å². The quantitative estimate of drug-likeness (QED) is 0.477. The summed E-state index contributed by atoms with van der Waals surface area (Å²) in [6.07, 6.45) is 0.828. The maximum atomic E-state index is 11.5. The van der Waals surface area contributed by atoms with E-state index in [1.807, 2.05) is 26.0 Å². The molecule has 0 saturated carbocycles. The molecule has 6 heteroatoms. The second-order valence-corrected chi connectivity index (χ2v) is 6.27. The Morgan fingerprint density at radius 3 is 2.36 bits per heavy atom. The Morgan fingerprint density at radius 1 is 1.27 bits per heavy atom. The van der Waals surface area contributed by atoms with Crippen LogP contribution in [0.4, 0.5) is 0 Å². The molecule has 0 aromatic heterocycles. The van der Waals surface area contributed by atoms with Gasteiger partial charge >= 0.3 is 5.97 Å². The minimum atomic E-state index is -0.607. The minimum Gasteiger partial charge on any atom is -0.465 e. The fourth-order valence-electron chi connectivity index (χ4n) is 2.26. The summed E-state index contributed by atoms with van der Waals surface area (Å²) in [7, 11) is 1.26. The number of hydrogen-bond acceptors (Lipinski definition) is 5. The molecular formula is C16H20O5S. The van der Waals surface area contributed by atoms with Crippen molar-refractivity contribution < 1.29 is 23.2 Å². The third-order valence-corrected chi connectivity index (χ3v) is 4.10. The molecule has 1 aliphatic rings. The van der Waals surface area contributed by atoms with E-state index in [-0.39, 0.29) is 16.1 Å². The number of esters is 1. The SMILES string of the molecule is COC(=O)C(=S=O)c1ccc(CC2COC(C)(C)OC2)cc1. The Morgan fingerprint density at radius 2 is 1.86 bits per heavy atom. The molecular weight excluding hydrogens is 304 g/mol. The van der Waals surface area contributed by atoms with Crippen LogP contribution in [0.1, 0.15) is 25.0 Å². The summed E-state index contributed by atoms with van der Waals surface area (Å²) in [6, 6.07) is 7.35. The molecule has 0 atom stereocenters. The van der Waals surface area contributed by atoms with Crippen molar-refractivity contribution in [3.05, 3.63) is 35.4 Å². The zero-order valence-corrected chi connectivity index (χ0v) is 13.8. The molecule has 1 heterocycles. The topological polar surface area (TPSA) is 61.8 Å². The predicted molar refractivity (Wildman–Crippen MR) is 83.9 cm³/mol. The molecule has 2 rings (SSSR count). The fourth-order valence-corrected chi connectivity index (χ4v) is 2.65. The van der Waals surface area contributed by atoms with Crippen LogP contribution in [-0.2, 0) is 36.7 Å². The molecule has 1 aromatic rings. The van der Waals surface area contributed by atoms with Gasteiger partial charge in [-0.2, -0.15) is 0 Å². The van der Waals surface area contributed by atoms with Gasteiger partial charge in [0.1, 0.15) is 11.3 Å². The van der Waals surface area contributed by atoms with E-state index in [1.54, 1.807) is 12.1 Å². The Hall–Kier alpha value is -1.50. The van der Waals surface area contributed by atoms with Crippen LogP contribution in [0.2, 0.25) is 0 Å². The number of carbonyl (C=O) groups is 1. The van der Waals surface area contributed by atoms with Crippen LogP contribution in [0.5, 0.6) is 0 Å². The number of hydrogen-bond donors (Lipinski definition) is 0. The molecule has 0 amide bonds. The lowest BCUT2D eigenvalue weighted by Crippen LogP contribution is -2.39. The molecule has 0 unspecified atom stereocenters.